The molecule has 0 saturated heterocycles. The maximum atomic E-state index is 13.4. The van der Waals surface area contributed by atoms with E-state index in [9.17, 15) is 18.0 Å². The van der Waals surface area contributed by atoms with Crippen LogP contribution in [0.2, 0.25) is 0 Å². The van der Waals surface area contributed by atoms with Gasteiger partial charge in [-0.2, -0.15) is 0 Å². The van der Waals surface area contributed by atoms with Gasteiger partial charge in [-0.25, -0.2) is 13.2 Å². The molecular weight excluding hydrogens is 502 g/mol. The molecule has 1 saturated carbocycles. The van der Waals surface area contributed by atoms with Gasteiger partial charge in [0.2, 0.25) is 0 Å². The second-order valence-corrected chi connectivity index (χ2v) is 12.1. The van der Waals surface area contributed by atoms with E-state index in [1.165, 1.54) is 12.5 Å². The number of aryl methyl sites for hydroxylation is 1. The Kier molecular flexibility index (Phi) is 5.29. The number of hydrogen-bond acceptors (Lipinski definition) is 6. The number of fused-ring (bicyclic) bond motifs is 3. The van der Waals surface area contributed by atoms with E-state index in [1.807, 2.05) is 18.2 Å². The van der Waals surface area contributed by atoms with Crippen molar-refractivity contribution in [3.05, 3.63) is 88.7 Å². The molecule has 3 heterocycles. The zero-order valence-electron chi connectivity index (χ0n) is 21.1. The molecule has 0 aliphatic heterocycles. The predicted octanol–water partition coefficient (Wildman–Crippen LogP) is 3.33. The normalized spacial score (nSPS) is 14.6. The molecule has 0 bridgehead atoms. The van der Waals surface area contributed by atoms with Crippen molar-refractivity contribution in [1.82, 2.24) is 24.4 Å². The minimum absolute atomic E-state index is 0.228. The monoisotopic (exact) mass is 527 g/mol. The Morgan fingerprint density at radius 3 is 2.39 bits per heavy atom. The van der Waals surface area contributed by atoms with Crippen molar-refractivity contribution in [2.75, 3.05) is 13.3 Å². The highest BCUT2D eigenvalue weighted by Gasteiger charge is 2.53. The molecule has 38 heavy (non-hydrogen) atoms. The summed E-state index contributed by atoms with van der Waals surface area (Å²) in [7, 11) is 0.0288. The van der Waals surface area contributed by atoms with Crippen LogP contribution in [0.25, 0.3) is 38.8 Å². The van der Waals surface area contributed by atoms with Crippen LogP contribution in [0.15, 0.2) is 71.9 Å². The molecule has 1 aliphatic carbocycles. The lowest BCUT2D eigenvalue weighted by Gasteiger charge is -2.14. The van der Waals surface area contributed by atoms with Crippen LogP contribution in [0, 0.1) is 0 Å². The van der Waals surface area contributed by atoms with Crippen LogP contribution in [-0.4, -0.2) is 46.7 Å². The van der Waals surface area contributed by atoms with Gasteiger partial charge < -0.3 is 5.32 Å². The lowest BCUT2D eigenvalue weighted by molar-refractivity contribution is 0.0962. The van der Waals surface area contributed by atoms with E-state index < -0.39 is 14.6 Å². The molecule has 1 N–H and O–H groups in total. The highest BCUT2D eigenvalue weighted by atomic mass is 32.2. The average molecular weight is 528 g/mol. The van der Waals surface area contributed by atoms with Crippen molar-refractivity contribution in [3.8, 4) is 16.8 Å². The summed E-state index contributed by atoms with van der Waals surface area (Å²) in [6.45, 7) is 0. The van der Waals surface area contributed by atoms with Gasteiger partial charge in [0.05, 0.1) is 38.7 Å². The maximum absolute atomic E-state index is 13.4. The number of nitrogens with zero attached hydrogens (tertiary/aromatic N) is 4. The first-order valence-electron chi connectivity index (χ1n) is 12.1. The fraction of sp³-hybridized carbons (Fsp3) is 0.214. The van der Waals surface area contributed by atoms with Gasteiger partial charge in [-0.05, 0) is 54.3 Å². The molecular formula is C28H25N5O4S. The Bertz CT molecular complexity index is 1930. The quantitative estimate of drug-likeness (QED) is 0.375. The van der Waals surface area contributed by atoms with Crippen molar-refractivity contribution in [2.45, 2.75) is 17.6 Å². The Hall–Kier alpha value is -4.31. The molecule has 192 valence electrons. The first-order valence-corrected chi connectivity index (χ1v) is 14.0. The first-order chi connectivity index (χ1) is 18.1. The Morgan fingerprint density at radius 2 is 1.74 bits per heavy atom. The first kappa shape index (κ1) is 24.1. The Labute approximate surface area is 218 Å². The number of benzene rings is 2. The van der Waals surface area contributed by atoms with Gasteiger partial charge in [-0.1, -0.05) is 18.2 Å². The number of carbonyl (C=O) groups is 1. The van der Waals surface area contributed by atoms with Gasteiger partial charge in [0, 0.05) is 43.7 Å². The summed E-state index contributed by atoms with van der Waals surface area (Å²) in [6.07, 6.45) is 7.37. The van der Waals surface area contributed by atoms with E-state index in [4.69, 9.17) is 0 Å². The van der Waals surface area contributed by atoms with E-state index in [2.05, 4.69) is 15.3 Å². The number of aromatic nitrogens is 4. The van der Waals surface area contributed by atoms with Crippen molar-refractivity contribution >= 4 is 37.7 Å². The summed E-state index contributed by atoms with van der Waals surface area (Å²) in [5.74, 6) is -0.228. The molecule has 9 nitrogen and oxygen atoms in total. The molecule has 5 aromatic rings. The standard InChI is InChI=1S/C28H25N5O4S/c1-29-26(34)19-12-18(14-30-15-19)17-4-9-23-22(13-17)25-24(16-31-23)32(2)27(35)33(25)21-7-5-20(6-8-21)28(10-11-28)38(3,36)37/h4-9,12-16H,10-11H2,1-3H3,(H,29,34). The molecule has 2 aromatic carbocycles. The summed E-state index contributed by atoms with van der Waals surface area (Å²) in [4.78, 5) is 34.4. The summed E-state index contributed by atoms with van der Waals surface area (Å²) in [5, 5.41) is 3.38. The number of hydrogen-bond donors (Lipinski definition) is 1. The highest BCUT2D eigenvalue weighted by molar-refractivity contribution is 7.92. The fourth-order valence-corrected chi connectivity index (χ4v) is 6.59. The van der Waals surface area contributed by atoms with Crippen LogP contribution in [0.3, 0.4) is 0 Å². The van der Waals surface area contributed by atoms with Crippen LogP contribution in [-0.2, 0) is 21.6 Å². The molecule has 3 aromatic heterocycles. The van der Waals surface area contributed by atoms with E-state index >= 15 is 0 Å². The Balaban J connectivity index is 1.54. The zero-order valence-corrected chi connectivity index (χ0v) is 21.9. The number of imidazole rings is 1. The van der Waals surface area contributed by atoms with Crippen molar-refractivity contribution < 1.29 is 13.2 Å². The third-order valence-corrected chi connectivity index (χ3v) is 9.57. The highest BCUT2D eigenvalue weighted by Crippen LogP contribution is 2.52. The summed E-state index contributed by atoms with van der Waals surface area (Å²) in [6, 6.07) is 14.7. The molecule has 10 heteroatoms. The zero-order chi connectivity index (χ0) is 26.8. The third kappa shape index (κ3) is 3.55. The Morgan fingerprint density at radius 1 is 1.00 bits per heavy atom. The van der Waals surface area contributed by atoms with Gasteiger partial charge in [0.15, 0.2) is 9.84 Å². The van der Waals surface area contributed by atoms with E-state index in [-0.39, 0.29) is 11.6 Å². The van der Waals surface area contributed by atoms with Crippen LogP contribution in [0.4, 0.5) is 0 Å². The number of sulfone groups is 1. The summed E-state index contributed by atoms with van der Waals surface area (Å²) < 4.78 is 27.1. The van der Waals surface area contributed by atoms with Crippen molar-refractivity contribution in [3.63, 3.8) is 0 Å². The number of nitrogens with one attached hydrogen (secondary N) is 1. The van der Waals surface area contributed by atoms with Crippen LogP contribution < -0.4 is 11.0 Å². The van der Waals surface area contributed by atoms with E-state index in [0.29, 0.717) is 40.6 Å². The third-order valence-electron chi connectivity index (χ3n) is 7.51. The molecule has 0 atom stereocenters. The lowest BCUT2D eigenvalue weighted by atomic mass is 10.0. The number of rotatable bonds is 5. The average Bonchev–Trinajstić information content (AvgIpc) is 3.71. The maximum Gasteiger partial charge on any atom is 0.333 e. The lowest BCUT2D eigenvalue weighted by Crippen LogP contribution is -2.21. The van der Waals surface area contributed by atoms with Crippen molar-refractivity contribution in [1.29, 1.82) is 0 Å². The van der Waals surface area contributed by atoms with Gasteiger partial charge in [0.1, 0.15) is 0 Å². The van der Waals surface area contributed by atoms with Gasteiger partial charge in [-0.3, -0.25) is 23.9 Å². The number of carbonyl (C=O) groups excluding carboxylic acids is 1. The van der Waals surface area contributed by atoms with Crippen LogP contribution >= 0.6 is 0 Å². The molecule has 6 rings (SSSR count). The smallest absolute Gasteiger partial charge is 0.333 e. The molecule has 0 radical (unpaired) electrons. The second kappa shape index (κ2) is 8.35. The minimum atomic E-state index is -3.24. The number of amides is 1. The molecule has 0 spiro atoms. The van der Waals surface area contributed by atoms with Gasteiger partial charge in [-0.15, -0.1) is 0 Å². The van der Waals surface area contributed by atoms with Gasteiger partial charge >= 0.3 is 5.69 Å². The van der Waals surface area contributed by atoms with Crippen molar-refractivity contribution in [2.24, 2.45) is 7.05 Å². The fourth-order valence-electron chi connectivity index (χ4n) is 5.18. The second-order valence-electron chi connectivity index (χ2n) is 9.76. The minimum Gasteiger partial charge on any atom is -0.355 e. The van der Waals surface area contributed by atoms with Gasteiger partial charge in [0.25, 0.3) is 5.91 Å². The SMILES string of the molecule is CNC(=O)c1cncc(-c2ccc3ncc4c(c3c2)n(-c2ccc(C3(S(C)(=O)=O)CC3)cc2)c(=O)n4C)c1. The molecule has 1 fully saturated rings. The largest absolute Gasteiger partial charge is 0.355 e. The summed E-state index contributed by atoms with van der Waals surface area (Å²) in [5.41, 5.74) is 5.24. The van der Waals surface area contributed by atoms with Crippen LogP contribution in [0.1, 0.15) is 28.8 Å². The molecule has 0 unspecified atom stereocenters. The topological polar surface area (TPSA) is 116 Å². The van der Waals surface area contributed by atoms with E-state index in [1.54, 1.807) is 66.0 Å². The number of pyridine rings is 2. The van der Waals surface area contributed by atoms with E-state index in [0.717, 1.165) is 22.1 Å². The predicted molar refractivity (Wildman–Crippen MR) is 146 cm³/mol. The van der Waals surface area contributed by atoms with Crippen LogP contribution in [0.5, 0.6) is 0 Å². The molecule has 1 amide bonds. The summed E-state index contributed by atoms with van der Waals surface area (Å²) >= 11 is 0. The molecule has 1 aliphatic rings.